The lowest BCUT2D eigenvalue weighted by Crippen LogP contribution is -2.16. The maximum Gasteiger partial charge on any atom is 0.341 e. The molecule has 1 N–H and O–H groups in total. The smallest absolute Gasteiger partial charge is 0.341 e. The number of nitrogens with one attached hydrogen (secondary N) is 1. The molecule has 1 aliphatic rings. The molecule has 1 heterocycles. The van der Waals surface area contributed by atoms with Crippen LogP contribution in [0.15, 0.2) is 24.3 Å². The molecule has 0 saturated carbocycles. The maximum atomic E-state index is 12.8. The summed E-state index contributed by atoms with van der Waals surface area (Å²) in [6.07, 6.45) is 2.90. The van der Waals surface area contributed by atoms with Crippen molar-refractivity contribution in [1.82, 2.24) is 0 Å². The first-order valence-electron chi connectivity index (χ1n) is 9.78. The molecule has 1 unspecified atom stereocenters. The number of carbonyl (C=O) groups is 2. The van der Waals surface area contributed by atoms with Crippen LogP contribution in [0.2, 0.25) is 0 Å². The molecule has 1 amide bonds. The minimum absolute atomic E-state index is 0.0756. The molecule has 1 aromatic heterocycles. The topological polar surface area (TPSA) is 64.6 Å². The lowest BCUT2D eigenvalue weighted by Gasteiger charge is -2.18. The first-order valence-corrected chi connectivity index (χ1v) is 10.6. The van der Waals surface area contributed by atoms with Gasteiger partial charge in [0.15, 0.2) is 0 Å². The number of hydrogen-bond acceptors (Lipinski definition) is 5. The van der Waals surface area contributed by atoms with Crippen LogP contribution in [-0.4, -0.2) is 24.6 Å². The van der Waals surface area contributed by atoms with Gasteiger partial charge in [-0.2, -0.15) is 0 Å². The van der Waals surface area contributed by atoms with Crippen LogP contribution in [0.5, 0.6) is 5.75 Å². The van der Waals surface area contributed by atoms with Gasteiger partial charge in [-0.25, -0.2) is 4.79 Å². The van der Waals surface area contributed by atoms with Gasteiger partial charge in [-0.15, -0.1) is 11.3 Å². The van der Waals surface area contributed by atoms with E-state index in [1.165, 1.54) is 16.2 Å². The largest absolute Gasteiger partial charge is 0.491 e. The van der Waals surface area contributed by atoms with Crippen molar-refractivity contribution in [3.8, 4) is 5.75 Å². The fourth-order valence-corrected chi connectivity index (χ4v) is 4.78. The van der Waals surface area contributed by atoms with Crippen molar-refractivity contribution >= 4 is 28.2 Å². The number of hydrogen-bond donors (Lipinski definition) is 1. The van der Waals surface area contributed by atoms with Crippen LogP contribution in [0.3, 0.4) is 0 Å². The van der Waals surface area contributed by atoms with Gasteiger partial charge in [0.1, 0.15) is 10.8 Å². The number of ether oxygens (including phenoxy) is 2. The fourth-order valence-electron chi connectivity index (χ4n) is 3.39. The van der Waals surface area contributed by atoms with Gasteiger partial charge in [-0.1, -0.05) is 6.92 Å². The van der Waals surface area contributed by atoms with E-state index >= 15 is 0 Å². The number of thiophene rings is 1. The lowest BCUT2D eigenvalue weighted by atomic mass is 9.88. The monoisotopic (exact) mass is 401 g/mol. The third-order valence-electron chi connectivity index (χ3n) is 4.71. The van der Waals surface area contributed by atoms with Crippen molar-refractivity contribution in [2.45, 2.75) is 53.1 Å². The summed E-state index contributed by atoms with van der Waals surface area (Å²) in [5.74, 6) is 0.705. The third kappa shape index (κ3) is 4.55. The van der Waals surface area contributed by atoms with E-state index in [4.69, 9.17) is 9.47 Å². The number of fused-ring (bicyclic) bond motifs is 1. The maximum absolute atomic E-state index is 12.8. The average molecular weight is 402 g/mol. The van der Waals surface area contributed by atoms with Crippen molar-refractivity contribution in [3.05, 3.63) is 45.8 Å². The Kier molecular flexibility index (Phi) is 6.39. The predicted octanol–water partition coefficient (Wildman–Crippen LogP) is 5.09. The molecule has 1 aliphatic carbocycles. The molecule has 0 bridgehead atoms. The van der Waals surface area contributed by atoms with Crippen LogP contribution >= 0.6 is 11.3 Å². The number of anilines is 1. The number of amides is 1. The van der Waals surface area contributed by atoms with Crippen molar-refractivity contribution < 1.29 is 19.1 Å². The highest BCUT2D eigenvalue weighted by molar-refractivity contribution is 7.17. The highest BCUT2D eigenvalue weighted by Crippen LogP contribution is 2.40. The van der Waals surface area contributed by atoms with Gasteiger partial charge < -0.3 is 14.8 Å². The van der Waals surface area contributed by atoms with E-state index in [0.29, 0.717) is 28.7 Å². The standard InChI is InChI=1S/C22H27NO4S/c1-5-26-22(25)19-17-11-6-14(4)12-18(17)28-21(19)23-20(24)15-7-9-16(10-8-15)27-13(2)3/h7-10,13-14H,5-6,11-12H2,1-4H3,(H,23,24). The van der Waals surface area contributed by atoms with E-state index in [0.717, 1.165) is 30.6 Å². The van der Waals surface area contributed by atoms with Gasteiger partial charge >= 0.3 is 5.97 Å². The zero-order valence-corrected chi connectivity index (χ0v) is 17.7. The molecule has 0 radical (unpaired) electrons. The van der Waals surface area contributed by atoms with Crippen molar-refractivity contribution in [3.63, 3.8) is 0 Å². The average Bonchev–Trinajstić information content (AvgIpc) is 2.98. The highest BCUT2D eigenvalue weighted by Gasteiger charge is 2.29. The van der Waals surface area contributed by atoms with Crippen LogP contribution < -0.4 is 10.1 Å². The second-order valence-corrected chi connectivity index (χ2v) is 8.53. The van der Waals surface area contributed by atoms with Crippen LogP contribution in [0.25, 0.3) is 0 Å². The van der Waals surface area contributed by atoms with E-state index < -0.39 is 0 Å². The van der Waals surface area contributed by atoms with Gasteiger partial charge in [0.25, 0.3) is 5.91 Å². The van der Waals surface area contributed by atoms with Crippen LogP contribution in [0.4, 0.5) is 5.00 Å². The fraction of sp³-hybridized carbons (Fsp3) is 0.455. The summed E-state index contributed by atoms with van der Waals surface area (Å²) in [5, 5.41) is 3.52. The Balaban J connectivity index is 1.84. The van der Waals surface area contributed by atoms with Crippen LogP contribution in [0.1, 0.15) is 65.3 Å². The van der Waals surface area contributed by atoms with Crippen molar-refractivity contribution in [2.24, 2.45) is 5.92 Å². The van der Waals surface area contributed by atoms with Crippen molar-refractivity contribution in [2.75, 3.05) is 11.9 Å². The molecule has 1 atom stereocenters. The zero-order chi connectivity index (χ0) is 20.3. The summed E-state index contributed by atoms with van der Waals surface area (Å²) >= 11 is 1.50. The third-order valence-corrected chi connectivity index (χ3v) is 5.88. The van der Waals surface area contributed by atoms with Crippen molar-refractivity contribution in [1.29, 1.82) is 0 Å². The van der Waals surface area contributed by atoms with Gasteiger partial charge in [-0.3, -0.25) is 4.79 Å². The van der Waals surface area contributed by atoms with E-state index in [1.54, 1.807) is 31.2 Å². The minimum Gasteiger partial charge on any atom is -0.491 e. The summed E-state index contributed by atoms with van der Waals surface area (Å²) in [7, 11) is 0. The Morgan fingerprint density at radius 3 is 2.61 bits per heavy atom. The molecule has 0 fully saturated rings. The van der Waals surface area contributed by atoms with E-state index in [-0.39, 0.29) is 18.0 Å². The number of esters is 1. The molecule has 6 heteroatoms. The first kappa shape index (κ1) is 20.4. The minimum atomic E-state index is -0.356. The van der Waals surface area contributed by atoms with E-state index in [1.807, 2.05) is 13.8 Å². The van der Waals surface area contributed by atoms with Gasteiger partial charge in [0, 0.05) is 10.4 Å². The van der Waals surface area contributed by atoms with Crippen LogP contribution in [-0.2, 0) is 17.6 Å². The normalized spacial score (nSPS) is 15.8. The second-order valence-electron chi connectivity index (χ2n) is 7.42. The Hall–Kier alpha value is -2.34. The zero-order valence-electron chi connectivity index (χ0n) is 16.8. The predicted molar refractivity (Wildman–Crippen MR) is 112 cm³/mol. The molecule has 3 rings (SSSR count). The quantitative estimate of drug-likeness (QED) is 0.685. The summed E-state index contributed by atoms with van der Waals surface area (Å²) in [4.78, 5) is 26.5. The SMILES string of the molecule is CCOC(=O)c1c(NC(=O)c2ccc(OC(C)C)cc2)sc2c1CCC(C)C2. The molecule has 150 valence electrons. The van der Waals surface area contributed by atoms with Gasteiger partial charge in [0.2, 0.25) is 0 Å². The number of benzene rings is 1. The molecular weight excluding hydrogens is 374 g/mol. The van der Waals surface area contributed by atoms with Crippen LogP contribution in [0, 0.1) is 5.92 Å². The summed E-state index contributed by atoms with van der Waals surface area (Å²) < 4.78 is 10.9. The molecular formula is C22H27NO4S. The summed E-state index contributed by atoms with van der Waals surface area (Å²) in [6, 6.07) is 7.02. The Morgan fingerprint density at radius 2 is 1.96 bits per heavy atom. The van der Waals surface area contributed by atoms with Gasteiger partial charge in [-0.05, 0) is 75.8 Å². The van der Waals surface area contributed by atoms with E-state index in [9.17, 15) is 9.59 Å². The highest BCUT2D eigenvalue weighted by atomic mass is 32.1. The number of carbonyl (C=O) groups excluding carboxylic acids is 2. The molecule has 0 saturated heterocycles. The molecule has 28 heavy (non-hydrogen) atoms. The summed E-state index contributed by atoms with van der Waals surface area (Å²) in [5.41, 5.74) is 2.09. The molecule has 5 nitrogen and oxygen atoms in total. The Morgan fingerprint density at radius 1 is 1.25 bits per heavy atom. The second kappa shape index (κ2) is 8.78. The summed E-state index contributed by atoms with van der Waals surface area (Å²) in [6.45, 7) is 8.22. The lowest BCUT2D eigenvalue weighted by molar-refractivity contribution is 0.0526. The Labute approximate surface area is 170 Å². The molecule has 0 aliphatic heterocycles. The van der Waals surface area contributed by atoms with Gasteiger partial charge in [0.05, 0.1) is 18.3 Å². The van der Waals surface area contributed by atoms with E-state index in [2.05, 4.69) is 12.2 Å². The Bertz CT molecular complexity index is 854. The number of rotatable bonds is 6. The molecule has 1 aromatic carbocycles. The molecule has 0 spiro atoms. The first-order chi connectivity index (χ1) is 13.4. The molecule has 2 aromatic rings.